The third kappa shape index (κ3) is 5.39. The van der Waals surface area contributed by atoms with Crippen LogP contribution in [-0.2, 0) is 6.54 Å². The molecule has 0 aliphatic rings. The number of amides is 1. The van der Waals surface area contributed by atoms with Crippen LogP contribution >= 0.6 is 0 Å². The highest BCUT2D eigenvalue weighted by Crippen LogP contribution is 2.30. The van der Waals surface area contributed by atoms with Crippen LogP contribution in [0.15, 0.2) is 102 Å². The number of nitrogens with one attached hydrogen (secondary N) is 1. The maximum atomic E-state index is 13.9. The summed E-state index contributed by atoms with van der Waals surface area (Å²) in [5.41, 5.74) is 5.24. The molecule has 1 amide bonds. The van der Waals surface area contributed by atoms with Gasteiger partial charge in [0.1, 0.15) is 0 Å². The number of anilines is 1. The van der Waals surface area contributed by atoms with Gasteiger partial charge in [-0.15, -0.1) is 10.2 Å². The van der Waals surface area contributed by atoms with E-state index in [0.29, 0.717) is 34.4 Å². The van der Waals surface area contributed by atoms with Gasteiger partial charge in [-0.25, -0.2) is 4.79 Å². The SMILES string of the molecule is Cc1nc(-c2ccc(C(=O)N(Cc3ccc(-c4ccccc4-c4nn[nH]n4)cc3)c3cccc(C(=O)O)c3)cc2)no1. The number of aryl methyl sites for hydroxylation is 1. The number of carbonyl (C=O) groups excluding carboxylic acids is 1. The quantitative estimate of drug-likeness (QED) is 0.249. The van der Waals surface area contributed by atoms with Gasteiger partial charge in [-0.05, 0) is 52.2 Å². The molecule has 11 heteroatoms. The fourth-order valence-electron chi connectivity index (χ4n) is 4.60. The number of carboxylic acid groups (broad SMARTS) is 1. The van der Waals surface area contributed by atoms with Crippen LogP contribution < -0.4 is 4.90 Å². The molecule has 206 valence electrons. The first kappa shape index (κ1) is 26.3. The molecule has 4 aromatic carbocycles. The topological polar surface area (TPSA) is 151 Å². The number of hydrogen-bond acceptors (Lipinski definition) is 8. The smallest absolute Gasteiger partial charge is 0.335 e. The van der Waals surface area contributed by atoms with Gasteiger partial charge in [-0.2, -0.15) is 10.2 Å². The Hall–Kier alpha value is -5.97. The van der Waals surface area contributed by atoms with Crippen molar-refractivity contribution in [2.24, 2.45) is 0 Å². The highest BCUT2D eigenvalue weighted by Gasteiger charge is 2.20. The Balaban J connectivity index is 1.31. The van der Waals surface area contributed by atoms with Crippen LogP contribution in [0.3, 0.4) is 0 Å². The maximum absolute atomic E-state index is 13.9. The molecule has 11 nitrogen and oxygen atoms in total. The van der Waals surface area contributed by atoms with Crippen LogP contribution in [0.4, 0.5) is 5.69 Å². The van der Waals surface area contributed by atoms with E-state index >= 15 is 0 Å². The van der Waals surface area contributed by atoms with Gasteiger partial charge in [0.05, 0.1) is 12.1 Å². The van der Waals surface area contributed by atoms with E-state index in [1.165, 1.54) is 12.1 Å². The van der Waals surface area contributed by atoms with E-state index in [9.17, 15) is 14.7 Å². The van der Waals surface area contributed by atoms with Crippen molar-refractivity contribution in [3.8, 4) is 33.9 Å². The second kappa shape index (κ2) is 11.3. The predicted octanol–water partition coefficient (Wildman–Crippen LogP) is 5.44. The minimum atomic E-state index is -1.08. The summed E-state index contributed by atoms with van der Waals surface area (Å²) in [7, 11) is 0. The highest BCUT2D eigenvalue weighted by molar-refractivity contribution is 6.06. The van der Waals surface area contributed by atoms with Crippen molar-refractivity contribution in [3.05, 3.63) is 120 Å². The molecule has 0 aliphatic heterocycles. The summed E-state index contributed by atoms with van der Waals surface area (Å²) in [4.78, 5) is 31.3. The zero-order valence-electron chi connectivity index (χ0n) is 22.3. The van der Waals surface area contributed by atoms with Crippen LogP contribution in [-0.4, -0.2) is 47.7 Å². The molecule has 0 aliphatic carbocycles. The second-order valence-corrected chi connectivity index (χ2v) is 9.44. The molecule has 0 spiro atoms. The molecular weight excluding hydrogens is 534 g/mol. The molecular formula is C31H23N7O4. The fraction of sp³-hybridized carbons (Fsp3) is 0.0645. The average molecular weight is 558 g/mol. The third-order valence-corrected chi connectivity index (χ3v) is 6.69. The molecule has 0 unspecified atom stereocenters. The Labute approximate surface area is 239 Å². The lowest BCUT2D eigenvalue weighted by atomic mass is 9.98. The van der Waals surface area contributed by atoms with Crippen LogP contribution in [0.25, 0.3) is 33.9 Å². The second-order valence-electron chi connectivity index (χ2n) is 9.44. The van der Waals surface area contributed by atoms with Crippen molar-refractivity contribution in [1.29, 1.82) is 0 Å². The number of H-pyrrole nitrogens is 1. The number of hydrogen-bond donors (Lipinski definition) is 2. The van der Waals surface area contributed by atoms with E-state index in [0.717, 1.165) is 22.3 Å². The van der Waals surface area contributed by atoms with E-state index < -0.39 is 5.97 Å². The molecule has 0 saturated carbocycles. The fourth-order valence-corrected chi connectivity index (χ4v) is 4.60. The number of carbonyl (C=O) groups is 2. The first-order valence-corrected chi connectivity index (χ1v) is 12.9. The maximum Gasteiger partial charge on any atom is 0.335 e. The van der Waals surface area contributed by atoms with Crippen molar-refractivity contribution in [2.75, 3.05) is 4.90 Å². The summed E-state index contributed by atoms with van der Waals surface area (Å²) in [6, 6.07) is 28.8. The average Bonchev–Trinajstić information content (AvgIpc) is 3.73. The Morgan fingerprint density at radius 2 is 1.57 bits per heavy atom. The molecule has 2 heterocycles. The number of aromatic nitrogens is 6. The lowest BCUT2D eigenvalue weighted by Gasteiger charge is -2.24. The first-order valence-electron chi connectivity index (χ1n) is 12.9. The standard InChI is InChI=1S/C31H23N7O4/c1-19-32-28(35-42-19)22-13-15-23(16-14-22)30(39)38(25-6-4-5-24(17-25)31(40)41)18-20-9-11-21(12-10-20)26-7-2-3-8-27(26)29-33-36-37-34-29/h2-17H,18H2,1H3,(H,40,41)(H,33,34,36,37). The largest absolute Gasteiger partial charge is 0.478 e. The molecule has 0 radical (unpaired) electrons. The summed E-state index contributed by atoms with van der Waals surface area (Å²) in [5, 5.41) is 27.9. The van der Waals surface area contributed by atoms with E-state index in [4.69, 9.17) is 4.52 Å². The van der Waals surface area contributed by atoms with Gasteiger partial charge in [0.2, 0.25) is 17.5 Å². The van der Waals surface area contributed by atoms with Crippen molar-refractivity contribution in [3.63, 3.8) is 0 Å². The molecule has 0 saturated heterocycles. The van der Waals surface area contributed by atoms with Gasteiger partial charge in [0, 0.05) is 29.3 Å². The summed E-state index contributed by atoms with van der Waals surface area (Å²) in [6.07, 6.45) is 0. The van der Waals surface area contributed by atoms with Gasteiger partial charge in [-0.3, -0.25) is 4.79 Å². The summed E-state index contributed by atoms with van der Waals surface area (Å²) in [5.74, 6) is -0.00347. The van der Waals surface area contributed by atoms with E-state index in [2.05, 4.69) is 30.8 Å². The van der Waals surface area contributed by atoms with Crippen molar-refractivity contribution in [1.82, 2.24) is 30.8 Å². The van der Waals surface area contributed by atoms with Gasteiger partial charge >= 0.3 is 5.97 Å². The predicted molar refractivity (Wildman–Crippen MR) is 153 cm³/mol. The zero-order chi connectivity index (χ0) is 29.1. The Bertz CT molecular complexity index is 1860. The summed E-state index contributed by atoms with van der Waals surface area (Å²) >= 11 is 0. The molecule has 0 atom stereocenters. The Morgan fingerprint density at radius 3 is 2.24 bits per heavy atom. The summed E-state index contributed by atoms with van der Waals surface area (Å²) < 4.78 is 5.06. The molecule has 42 heavy (non-hydrogen) atoms. The monoisotopic (exact) mass is 557 g/mol. The lowest BCUT2D eigenvalue weighted by Crippen LogP contribution is -2.30. The molecule has 0 fully saturated rings. The van der Waals surface area contributed by atoms with Crippen LogP contribution in [0.5, 0.6) is 0 Å². The number of aromatic amines is 1. The van der Waals surface area contributed by atoms with Gasteiger partial charge in [0.15, 0.2) is 0 Å². The lowest BCUT2D eigenvalue weighted by molar-refractivity contribution is 0.0696. The number of aromatic carboxylic acids is 1. The molecule has 6 rings (SSSR count). The van der Waals surface area contributed by atoms with Gasteiger partial charge in [0.25, 0.3) is 5.91 Å². The first-order chi connectivity index (χ1) is 20.5. The zero-order valence-corrected chi connectivity index (χ0v) is 22.3. The minimum Gasteiger partial charge on any atom is -0.478 e. The van der Waals surface area contributed by atoms with Crippen LogP contribution in [0.2, 0.25) is 0 Å². The van der Waals surface area contributed by atoms with Crippen molar-refractivity contribution in [2.45, 2.75) is 13.5 Å². The van der Waals surface area contributed by atoms with Crippen LogP contribution in [0, 0.1) is 6.92 Å². The summed E-state index contributed by atoms with van der Waals surface area (Å²) in [6.45, 7) is 1.91. The molecule has 2 aromatic heterocycles. The molecule has 6 aromatic rings. The number of tetrazole rings is 1. The Kier molecular flexibility index (Phi) is 7.04. The molecule has 0 bridgehead atoms. The number of benzene rings is 4. The van der Waals surface area contributed by atoms with Crippen molar-refractivity contribution < 1.29 is 19.2 Å². The number of rotatable bonds is 8. The third-order valence-electron chi connectivity index (χ3n) is 6.69. The molecule has 2 N–H and O–H groups in total. The minimum absolute atomic E-state index is 0.0848. The van der Waals surface area contributed by atoms with Crippen LogP contribution in [0.1, 0.15) is 32.2 Å². The van der Waals surface area contributed by atoms with Gasteiger partial charge < -0.3 is 14.5 Å². The van der Waals surface area contributed by atoms with E-state index in [1.807, 2.05) is 48.5 Å². The highest BCUT2D eigenvalue weighted by atomic mass is 16.5. The Morgan fingerprint density at radius 1 is 0.833 bits per heavy atom. The number of carboxylic acids is 1. The van der Waals surface area contributed by atoms with E-state index in [-0.39, 0.29) is 18.0 Å². The van der Waals surface area contributed by atoms with E-state index in [1.54, 1.807) is 48.2 Å². The van der Waals surface area contributed by atoms with Gasteiger partial charge in [-0.1, -0.05) is 71.9 Å². The van der Waals surface area contributed by atoms with Crippen molar-refractivity contribution >= 4 is 17.6 Å². The number of nitrogens with zero attached hydrogens (tertiary/aromatic N) is 6. The normalized spacial score (nSPS) is 10.9.